The van der Waals surface area contributed by atoms with E-state index in [1.807, 2.05) is 0 Å². The molecule has 3 atom stereocenters. The molecule has 0 bridgehead atoms. The first-order valence-corrected chi connectivity index (χ1v) is 5.44. The summed E-state index contributed by atoms with van der Waals surface area (Å²) in [6.45, 7) is 5.79. The van der Waals surface area contributed by atoms with Crippen LogP contribution >= 0.6 is 0 Å². The minimum Gasteiger partial charge on any atom is -0.460 e. The Morgan fingerprint density at radius 3 is 2.28 bits per heavy atom. The molecule has 0 saturated heterocycles. The molecule has 0 spiro atoms. The number of carbonyl (C=O) groups excluding carboxylic acids is 2. The number of rotatable bonds is 8. The van der Waals surface area contributed by atoms with Crippen LogP contribution in [-0.2, 0) is 19.1 Å². The summed E-state index contributed by atoms with van der Waals surface area (Å²) in [7, 11) is 0. The van der Waals surface area contributed by atoms with Gasteiger partial charge in [0.25, 0.3) is 0 Å². The maximum atomic E-state index is 11.5. The maximum Gasteiger partial charge on any atom is 0.356 e. The average molecular weight is 261 g/mol. The second-order valence-corrected chi connectivity index (χ2v) is 3.75. The second-order valence-electron chi connectivity index (χ2n) is 3.75. The van der Waals surface area contributed by atoms with Crippen LogP contribution in [0.2, 0.25) is 0 Å². The van der Waals surface area contributed by atoms with Gasteiger partial charge in [0, 0.05) is 0 Å². The summed E-state index contributed by atoms with van der Waals surface area (Å²) in [5.41, 5.74) is 0. The number of nitrogens with one attached hydrogen (secondary N) is 1. The molecule has 3 unspecified atom stereocenters. The molecular weight excluding hydrogens is 242 g/mol. The van der Waals surface area contributed by atoms with Gasteiger partial charge in [-0.25, -0.2) is 4.79 Å². The zero-order valence-corrected chi connectivity index (χ0v) is 10.5. The molecule has 0 aliphatic heterocycles. The number of carbonyl (C=O) groups is 2. The first-order valence-electron chi connectivity index (χ1n) is 5.44. The lowest BCUT2D eigenvalue weighted by atomic mass is 10.4. The number of aliphatic hydroxyl groups is 2. The monoisotopic (exact) mass is 261 g/mol. The van der Waals surface area contributed by atoms with E-state index in [9.17, 15) is 9.59 Å². The van der Waals surface area contributed by atoms with E-state index in [1.165, 1.54) is 13.8 Å². The molecule has 0 aliphatic rings. The molecular formula is C11H19NO6. The Balaban J connectivity index is 4.38. The molecule has 3 N–H and O–H groups in total. The van der Waals surface area contributed by atoms with E-state index in [-0.39, 0.29) is 13.2 Å². The molecule has 0 fully saturated rings. The number of ether oxygens (including phenoxy) is 2. The van der Waals surface area contributed by atoms with Gasteiger partial charge in [0.1, 0.15) is 6.61 Å². The van der Waals surface area contributed by atoms with E-state index in [1.54, 1.807) is 0 Å². The summed E-state index contributed by atoms with van der Waals surface area (Å²) < 4.78 is 9.68. The lowest BCUT2D eigenvalue weighted by molar-refractivity contribution is -0.165. The standard InChI is InChI=1S/C11H19NO6/c1-4-9(15)12-10(17-5-7(2)13)11(16)18-6-8(3)14/h4,7-8,10,13-14H,1,5-6H2,2-3H3,(H,12,15). The molecule has 0 aliphatic carbocycles. The van der Waals surface area contributed by atoms with Crippen LogP contribution in [0.15, 0.2) is 12.7 Å². The van der Waals surface area contributed by atoms with Crippen molar-refractivity contribution in [2.75, 3.05) is 13.2 Å². The summed E-state index contributed by atoms with van der Waals surface area (Å²) in [6, 6.07) is 0. The normalized spacial score (nSPS) is 15.3. The summed E-state index contributed by atoms with van der Waals surface area (Å²) >= 11 is 0. The van der Waals surface area contributed by atoms with Crippen LogP contribution in [0.3, 0.4) is 0 Å². The maximum absolute atomic E-state index is 11.5. The fourth-order valence-corrected chi connectivity index (χ4v) is 0.871. The molecule has 0 aromatic rings. The van der Waals surface area contributed by atoms with Crippen molar-refractivity contribution in [3.8, 4) is 0 Å². The predicted molar refractivity (Wildman–Crippen MR) is 62.4 cm³/mol. The molecule has 0 rings (SSSR count). The fraction of sp³-hybridized carbons (Fsp3) is 0.636. The fourth-order valence-electron chi connectivity index (χ4n) is 0.871. The van der Waals surface area contributed by atoms with Crippen molar-refractivity contribution in [1.82, 2.24) is 5.32 Å². The summed E-state index contributed by atoms with van der Waals surface area (Å²) in [4.78, 5) is 22.6. The van der Waals surface area contributed by atoms with Gasteiger partial charge in [0.2, 0.25) is 12.1 Å². The predicted octanol–water partition coefficient (Wildman–Crippen LogP) is -1.06. The van der Waals surface area contributed by atoms with Crippen LogP contribution in [0.25, 0.3) is 0 Å². The molecule has 0 heterocycles. The number of hydrogen-bond donors (Lipinski definition) is 3. The highest BCUT2D eigenvalue weighted by Crippen LogP contribution is 1.96. The Bertz CT molecular complexity index is 289. The van der Waals surface area contributed by atoms with Crippen LogP contribution in [-0.4, -0.2) is 53.7 Å². The van der Waals surface area contributed by atoms with Crippen LogP contribution < -0.4 is 5.32 Å². The van der Waals surface area contributed by atoms with Crippen molar-refractivity contribution in [2.24, 2.45) is 0 Å². The van der Waals surface area contributed by atoms with Gasteiger partial charge in [-0.2, -0.15) is 0 Å². The average Bonchev–Trinajstić information content (AvgIpc) is 2.30. The Morgan fingerprint density at radius 1 is 1.28 bits per heavy atom. The van der Waals surface area contributed by atoms with Crippen molar-refractivity contribution in [1.29, 1.82) is 0 Å². The lowest BCUT2D eigenvalue weighted by Crippen LogP contribution is -2.44. The van der Waals surface area contributed by atoms with Gasteiger partial charge in [-0.1, -0.05) is 6.58 Å². The lowest BCUT2D eigenvalue weighted by Gasteiger charge is -2.18. The molecule has 18 heavy (non-hydrogen) atoms. The minimum atomic E-state index is -1.34. The zero-order valence-electron chi connectivity index (χ0n) is 10.5. The van der Waals surface area contributed by atoms with Crippen LogP contribution in [0.4, 0.5) is 0 Å². The van der Waals surface area contributed by atoms with E-state index < -0.39 is 30.3 Å². The smallest absolute Gasteiger partial charge is 0.356 e. The number of esters is 1. The summed E-state index contributed by atoms with van der Waals surface area (Å²) in [6.07, 6.45) is -1.98. The SMILES string of the molecule is C=CC(=O)NC(OCC(C)O)C(=O)OCC(C)O. The number of amides is 1. The highest BCUT2D eigenvalue weighted by molar-refractivity contribution is 5.90. The van der Waals surface area contributed by atoms with Crippen LogP contribution in [0, 0.1) is 0 Å². The Hall–Kier alpha value is -1.44. The van der Waals surface area contributed by atoms with E-state index in [2.05, 4.69) is 11.9 Å². The van der Waals surface area contributed by atoms with Crippen molar-refractivity contribution in [3.63, 3.8) is 0 Å². The Labute approximate surface area is 105 Å². The van der Waals surface area contributed by atoms with E-state index in [0.29, 0.717) is 0 Å². The molecule has 0 saturated carbocycles. The van der Waals surface area contributed by atoms with E-state index in [0.717, 1.165) is 6.08 Å². The van der Waals surface area contributed by atoms with Crippen LogP contribution in [0.1, 0.15) is 13.8 Å². The molecule has 7 nitrogen and oxygen atoms in total. The van der Waals surface area contributed by atoms with Crippen molar-refractivity contribution >= 4 is 11.9 Å². The quantitative estimate of drug-likeness (QED) is 0.292. The largest absolute Gasteiger partial charge is 0.460 e. The van der Waals surface area contributed by atoms with Crippen molar-refractivity contribution < 1.29 is 29.3 Å². The molecule has 0 aromatic heterocycles. The molecule has 1 amide bonds. The van der Waals surface area contributed by atoms with Gasteiger partial charge in [0.05, 0.1) is 18.8 Å². The number of aliphatic hydroxyl groups excluding tert-OH is 2. The van der Waals surface area contributed by atoms with Gasteiger partial charge in [0.15, 0.2) is 0 Å². The van der Waals surface area contributed by atoms with Crippen molar-refractivity contribution in [3.05, 3.63) is 12.7 Å². The summed E-state index contributed by atoms with van der Waals surface area (Å²) in [5, 5.41) is 20.2. The van der Waals surface area contributed by atoms with Crippen LogP contribution in [0.5, 0.6) is 0 Å². The van der Waals surface area contributed by atoms with E-state index >= 15 is 0 Å². The summed E-state index contributed by atoms with van der Waals surface area (Å²) in [5.74, 6) is -1.47. The third-order valence-electron chi connectivity index (χ3n) is 1.64. The van der Waals surface area contributed by atoms with Gasteiger partial charge >= 0.3 is 5.97 Å². The molecule has 7 heteroatoms. The first-order chi connectivity index (χ1) is 8.36. The third-order valence-corrected chi connectivity index (χ3v) is 1.64. The Kier molecular flexibility index (Phi) is 7.93. The molecule has 0 aromatic carbocycles. The highest BCUT2D eigenvalue weighted by atomic mass is 16.6. The van der Waals surface area contributed by atoms with E-state index in [4.69, 9.17) is 19.7 Å². The first kappa shape index (κ1) is 16.6. The highest BCUT2D eigenvalue weighted by Gasteiger charge is 2.23. The number of hydrogen-bond acceptors (Lipinski definition) is 6. The van der Waals surface area contributed by atoms with Gasteiger partial charge in [-0.05, 0) is 19.9 Å². The van der Waals surface area contributed by atoms with Gasteiger partial charge in [-0.3, -0.25) is 4.79 Å². The van der Waals surface area contributed by atoms with Gasteiger partial charge < -0.3 is 25.0 Å². The van der Waals surface area contributed by atoms with Gasteiger partial charge in [-0.15, -0.1) is 0 Å². The molecule has 104 valence electrons. The molecule has 0 radical (unpaired) electrons. The topological polar surface area (TPSA) is 105 Å². The minimum absolute atomic E-state index is 0.147. The van der Waals surface area contributed by atoms with Crippen molar-refractivity contribution in [2.45, 2.75) is 32.3 Å². The Morgan fingerprint density at radius 2 is 1.83 bits per heavy atom. The third kappa shape index (κ3) is 7.77. The second kappa shape index (κ2) is 8.62. The zero-order chi connectivity index (χ0) is 14.1.